The minimum Gasteiger partial charge on any atom is -0.482 e. The normalized spacial score (nSPS) is 18.8. The second kappa shape index (κ2) is 6.30. The van der Waals surface area contributed by atoms with E-state index in [1.54, 1.807) is 30.3 Å². The van der Waals surface area contributed by atoms with Crippen LogP contribution in [0.15, 0.2) is 36.4 Å². The van der Waals surface area contributed by atoms with E-state index in [0.717, 1.165) is 0 Å². The van der Waals surface area contributed by atoms with E-state index in [1.807, 2.05) is 0 Å². The third-order valence-electron chi connectivity index (χ3n) is 4.27. The molecule has 1 saturated heterocycles. The minimum atomic E-state index is -0.621. The van der Waals surface area contributed by atoms with Gasteiger partial charge in [-0.25, -0.2) is 9.18 Å². The van der Waals surface area contributed by atoms with Crippen molar-refractivity contribution in [3.8, 4) is 16.9 Å². The van der Waals surface area contributed by atoms with E-state index in [4.69, 9.17) is 14.6 Å². The van der Waals surface area contributed by atoms with Gasteiger partial charge in [0.15, 0.2) is 6.61 Å². The van der Waals surface area contributed by atoms with Crippen LogP contribution < -0.4 is 15.0 Å². The number of hydrogen-bond acceptors (Lipinski definition) is 5. The van der Waals surface area contributed by atoms with E-state index in [-0.39, 0.29) is 25.7 Å². The highest BCUT2D eigenvalue weighted by Crippen LogP contribution is 2.35. The van der Waals surface area contributed by atoms with Crippen molar-refractivity contribution in [2.75, 3.05) is 30.0 Å². The molecule has 1 atom stereocenters. The van der Waals surface area contributed by atoms with Gasteiger partial charge in [-0.3, -0.25) is 9.69 Å². The molecule has 0 bridgehead atoms. The van der Waals surface area contributed by atoms with Crippen LogP contribution >= 0.6 is 0 Å². The molecule has 0 unspecified atom stereocenters. The van der Waals surface area contributed by atoms with Crippen LogP contribution in [0.25, 0.3) is 11.1 Å². The SMILES string of the molecule is O=C1COc2ccc(-c3ccc(N4C[C@H](CO)OC4=O)cc3F)cc2N1. The van der Waals surface area contributed by atoms with Gasteiger partial charge in [-0.1, -0.05) is 6.07 Å². The average molecular weight is 358 g/mol. The molecule has 134 valence electrons. The maximum Gasteiger partial charge on any atom is 0.414 e. The summed E-state index contributed by atoms with van der Waals surface area (Å²) in [6.45, 7) is -0.168. The molecule has 7 nitrogen and oxygen atoms in total. The number of amides is 2. The van der Waals surface area contributed by atoms with Crippen LogP contribution in [-0.2, 0) is 9.53 Å². The number of hydrogen-bond donors (Lipinski definition) is 2. The Bertz CT molecular complexity index is 901. The lowest BCUT2D eigenvalue weighted by Gasteiger charge is -2.19. The number of benzene rings is 2. The fraction of sp³-hybridized carbons (Fsp3) is 0.222. The number of carbonyl (C=O) groups excluding carboxylic acids is 2. The lowest BCUT2D eigenvalue weighted by Crippen LogP contribution is -2.25. The first-order valence-electron chi connectivity index (χ1n) is 8.01. The highest BCUT2D eigenvalue weighted by atomic mass is 19.1. The van der Waals surface area contributed by atoms with Crippen molar-refractivity contribution < 1.29 is 28.6 Å². The molecular formula is C18H15FN2O5. The summed E-state index contributed by atoms with van der Waals surface area (Å²) in [5.74, 6) is -0.262. The average Bonchev–Trinajstić information content (AvgIpc) is 3.02. The van der Waals surface area contributed by atoms with Gasteiger partial charge in [-0.2, -0.15) is 0 Å². The zero-order chi connectivity index (χ0) is 18.3. The van der Waals surface area contributed by atoms with Crippen LogP contribution in [0.3, 0.4) is 0 Å². The highest BCUT2D eigenvalue weighted by Gasteiger charge is 2.32. The summed E-state index contributed by atoms with van der Waals surface area (Å²) >= 11 is 0. The molecule has 2 aliphatic rings. The molecule has 2 aromatic rings. The van der Waals surface area contributed by atoms with Crippen molar-refractivity contribution in [1.82, 2.24) is 0 Å². The number of cyclic esters (lactones) is 1. The summed E-state index contributed by atoms with van der Waals surface area (Å²) in [6.07, 6.45) is -1.24. The molecule has 2 aromatic carbocycles. The van der Waals surface area contributed by atoms with Gasteiger partial charge < -0.3 is 19.9 Å². The third kappa shape index (κ3) is 2.84. The number of nitrogens with zero attached hydrogens (tertiary/aromatic N) is 1. The van der Waals surface area contributed by atoms with Crippen LogP contribution in [0.1, 0.15) is 0 Å². The molecule has 0 radical (unpaired) electrons. The van der Waals surface area contributed by atoms with Crippen molar-refractivity contribution in [1.29, 1.82) is 0 Å². The smallest absolute Gasteiger partial charge is 0.414 e. The molecule has 2 N–H and O–H groups in total. The Morgan fingerprint density at radius 3 is 2.81 bits per heavy atom. The second-order valence-corrected chi connectivity index (χ2v) is 6.01. The summed E-state index contributed by atoms with van der Waals surface area (Å²) in [6, 6.07) is 9.40. The zero-order valence-corrected chi connectivity index (χ0v) is 13.6. The van der Waals surface area contributed by atoms with Gasteiger partial charge in [0.05, 0.1) is 24.5 Å². The summed E-state index contributed by atoms with van der Waals surface area (Å²) in [7, 11) is 0. The van der Waals surface area contributed by atoms with Crippen molar-refractivity contribution in [2.45, 2.75) is 6.10 Å². The molecule has 0 aliphatic carbocycles. The first kappa shape index (κ1) is 16.3. The van der Waals surface area contributed by atoms with Gasteiger partial charge in [-0.15, -0.1) is 0 Å². The van der Waals surface area contributed by atoms with Crippen molar-refractivity contribution in [2.24, 2.45) is 0 Å². The quantitative estimate of drug-likeness (QED) is 0.878. The van der Waals surface area contributed by atoms with Gasteiger partial charge in [0, 0.05) is 5.56 Å². The maximum atomic E-state index is 14.7. The van der Waals surface area contributed by atoms with Crippen LogP contribution in [0, 0.1) is 5.82 Å². The molecule has 26 heavy (non-hydrogen) atoms. The number of halogens is 1. The molecule has 0 aromatic heterocycles. The van der Waals surface area contributed by atoms with E-state index in [9.17, 15) is 14.0 Å². The third-order valence-corrected chi connectivity index (χ3v) is 4.27. The number of aliphatic hydroxyl groups excluding tert-OH is 1. The largest absolute Gasteiger partial charge is 0.482 e. The topological polar surface area (TPSA) is 88.1 Å². The first-order chi connectivity index (χ1) is 12.5. The van der Waals surface area contributed by atoms with Crippen LogP contribution in [0.2, 0.25) is 0 Å². The Morgan fingerprint density at radius 2 is 2.08 bits per heavy atom. The van der Waals surface area contributed by atoms with Crippen LogP contribution in [0.4, 0.5) is 20.6 Å². The predicted molar refractivity (Wildman–Crippen MR) is 90.7 cm³/mol. The van der Waals surface area contributed by atoms with E-state index < -0.39 is 18.0 Å². The number of anilines is 2. The lowest BCUT2D eigenvalue weighted by atomic mass is 10.0. The number of rotatable bonds is 3. The molecule has 8 heteroatoms. The predicted octanol–water partition coefficient (Wildman–Crippen LogP) is 2.14. The van der Waals surface area contributed by atoms with Gasteiger partial charge in [0.25, 0.3) is 5.91 Å². The van der Waals surface area contributed by atoms with Crippen molar-refractivity contribution >= 4 is 23.4 Å². The molecular weight excluding hydrogens is 343 g/mol. The number of aliphatic hydroxyl groups is 1. The highest BCUT2D eigenvalue weighted by molar-refractivity contribution is 5.96. The van der Waals surface area contributed by atoms with E-state index in [2.05, 4.69) is 5.32 Å². The number of carbonyl (C=O) groups is 2. The molecule has 4 rings (SSSR count). The maximum absolute atomic E-state index is 14.7. The Balaban J connectivity index is 1.64. The number of ether oxygens (including phenoxy) is 2. The Hall–Kier alpha value is -3.13. The summed E-state index contributed by atoms with van der Waals surface area (Å²) in [4.78, 5) is 24.5. The summed E-state index contributed by atoms with van der Waals surface area (Å²) < 4.78 is 24.9. The van der Waals surface area contributed by atoms with Crippen molar-refractivity contribution in [3.63, 3.8) is 0 Å². The second-order valence-electron chi connectivity index (χ2n) is 6.01. The standard InChI is InChI=1S/C18H15FN2O5/c19-14-6-11(21-7-12(8-22)26-18(21)24)2-3-13(14)10-1-4-16-15(5-10)20-17(23)9-25-16/h1-6,12,22H,7-9H2,(H,20,23)/t12-/m1/s1. The fourth-order valence-electron chi connectivity index (χ4n) is 2.98. The lowest BCUT2D eigenvalue weighted by molar-refractivity contribution is -0.118. The Labute approximate surface area is 147 Å². The molecule has 2 heterocycles. The number of nitrogens with one attached hydrogen (secondary N) is 1. The Kier molecular flexibility index (Phi) is 3.96. The summed E-state index contributed by atoms with van der Waals surface area (Å²) in [5.41, 5.74) is 1.72. The van der Waals surface area contributed by atoms with Gasteiger partial charge >= 0.3 is 6.09 Å². The molecule has 2 amide bonds. The van der Waals surface area contributed by atoms with E-state index in [1.165, 1.54) is 11.0 Å². The zero-order valence-electron chi connectivity index (χ0n) is 13.6. The molecule has 1 fully saturated rings. The first-order valence-corrected chi connectivity index (χ1v) is 8.01. The fourth-order valence-corrected chi connectivity index (χ4v) is 2.98. The van der Waals surface area contributed by atoms with Crippen molar-refractivity contribution in [3.05, 3.63) is 42.2 Å². The summed E-state index contributed by atoms with van der Waals surface area (Å²) in [5, 5.41) is 11.8. The van der Waals surface area contributed by atoms with Gasteiger partial charge in [0.1, 0.15) is 17.7 Å². The minimum absolute atomic E-state index is 0.0455. The van der Waals surface area contributed by atoms with E-state index >= 15 is 0 Å². The van der Waals surface area contributed by atoms with E-state index in [0.29, 0.717) is 28.3 Å². The Morgan fingerprint density at radius 1 is 1.23 bits per heavy atom. The van der Waals surface area contributed by atoms with Crippen LogP contribution in [0.5, 0.6) is 5.75 Å². The monoisotopic (exact) mass is 358 g/mol. The van der Waals surface area contributed by atoms with Gasteiger partial charge in [0.2, 0.25) is 0 Å². The van der Waals surface area contributed by atoms with Gasteiger partial charge in [-0.05, 0) is 35.9 Å². The number of fused-ring (bicyclic) bond motifs is 1. The molecule has 0 spiro atoms. The van der Waals surface area contributed by atoms with Crippen LogP contribution in [-0.4, -0.2) is 43.0 Å². The molecule has 2 aliphatic heterocycles. The molecule has 0 saturated carbocycles.